The van der Waals surface area contributed by atoms with Gasteiger partial charge in [0.15, 0.2) is 5.76 Å². The van der Waals surface area contributed by atoms with Gasteiger partial charge >= 0.3 is 5.97 Å². The average molecular weight is 325 g/mol. The number of rotatable bonds is 5. The summed E-state index contributed by atoms with van der Waals surface area (Å²) >= 11 is 0. The van der Waals surface area contributed by atoms with Gasteiger partial charge in [-0.3, -0.25) is 0 Å². The van der Waals surface area contributed by atoms with Gasteiger partial charge in [0.1, 0.15) is 18.8 Å². The number of para-hydroxylation sites is 1. The van der Waals surface area contributed by atoms with E-state index in [1.165, 1.54) is 12.0 Å². The van der Waals surface area contributed by atoms with Gasteiger partial charge in [0, 0.05) is 5.39 Å². The molecule has 3 rings (SSSR count). The Labute approximate surface area is 140 Å². The van der Waals surface area contributed by atoms with Crippen LogP contribution in [0.25, 0.3) is 10.9 Å². The van der Waals surface area contributed by atoms with Crippen LogP contribution in [0.4, 0.5) is 0 Å². The quantitative estimate of drug-likeness (QED) is 0.730. The van der Waals surface area contributed by atoms with Gasteiger partial charge in [-0.25, -0.2) is 9.78 Å². The molecule has 2 heterocycles. The molecule has 1 N–H and O–H groups in total. The van der Waals surface area contributed by atoms with E-state index in [9.17, 15) is 4.79 Å². The number of methoxy groups -OCH3 is 1. The van der Waals surface area contributed by atoms with Crippen LogP contribution < -0.4 is 4.90 Å². The van der Waals surface area contributed by atoms with E-state index in [1.807, 2.05) is 43.3 Å². The van der Waals surface area contributed by atoms with E-state index in [1.54, 1.807) is 6.26 Å². The lowest BCUT2D eigenvalue weighted by atomic mass is 10.0. The molecule has 0 radical (unpaired) electrons. The molecular formula is C19H21N2O3+. The first kappa shape index (κ1) is 16.2. The van der Waals surface area contributed by atoms with Crippen LogP contribution in [-0.2, 0) is 17.8 Å². The van der Waals surface area contributed by atoms with Gasteiger partial charge in [-0.15, -0.1) is 0 Å². The summed E-state index contributed by atoms with van der Waals surface area (Å²) in [5, 5.41) is 0.977. The predicted octanol–water partition coefficient (Wildman–Crippen LogP) is 2.14. The molecule has 0 aliphatic carbocycles. The molecule has 3 aromatic rings. The highest BCUT2D eigenvalue weighted by Crippen LogP contribution is 2.23. The van der Waals surface area contributed by atoms with E-state index in [0.717, 1.165) is 34.5 Å². The number of benzene rings is 1. The summed E-state index contributed by atoms with van der Waals surface area (Å²) in [6.45, 7) is 3.28. The summed E-state index contributed by atoms with van der Waals surface area (Å²) in [7, 11) is 3.45. The number of carbonyl (C=O) groups is 1. The fourth-order valence-electron chi connectivity index (χ4n) is 3.00. The van der Waals surface area contributed by atoms with Crippen molar-refractivity contribution in [3.63, 3.8) is 0 Å². The zero-order valence-corrected chi connectivity index (χ0v) is 14.1. The van der Waals surface area contributed by atoms with Crippen molar-refractivity contribution in [2.45, 2.75) is 20.0 Å². The molecule has 0 saturated heterocycles. The Morgan fingerprint density at radius 1 is 1.21 bits per heavy atom. The Hall–Kier alpha value is -2.66. The zero-order valence-electron chi connectivity index (χ0n) is 14.1. The summed E-state index contributed by atoms with van der Waals surface area (Å²) in [6.07, 6.45) is 1.67. The van der Waals surface area contributed by atoms with E-state index < -0.39 is 0 Å². The summed E-state index contributed by atoms with van der Waals surface area (Å²) in [5.41, 5.74) is 3.12. The van der Waals surface area contributed by atoms with Crippen molar-refractivity contribution in [2.75, 3.05) is 14.2 Å². The molecule has 0 fully saturated rings. The lowest BCUT2D eigenvalue weighted by molar-refractivity contribution is -0.909. The second-order valence-electron chi connectivity index (χ2n) is 5.96. The van der Waals surface area contributed by atoms with Gasteiger partial charge in [-0.2, -0.15) is 0 Å². The lowest BCUT2D eigenvalue weighted by Crippen LogP contribution is -3.06. The van der Waals surface area contributed by atoms with Crippen molar-refractivity contribution < 1.29 is 18.8 Å². The van der Waals surface area contributed by atoms with E-state index in [-0.39, 0.29) is 5.97 Å². The van der Waals surface area contributed by atoms with Crippen molar-refractivity contribution in [2.24, 2.45) is 0 Å². The molecule has 24 heavy (non-hydrogen) atoms. The van der Waals surface area contributed by atoms with Crippen LogP contribution in [0.1, 0.15) is 27.4 Å². The minimum absolute atomic E-state index is 0.341. The third-order valence-corrected chi connectivity index (χ3v) is 4.14. The summed E-state index contributed by atoms with van der Waals surface area (Å²) in [4.78, 5) is 18.2. The normalized spacial score (nSPS) is 12.3. The maximum absolute atomic E-state index is 12.3. The van der Waals surface area contributed by atoms with Crippen molar-refractivity contribution in [3.05, 3.63) is 65.2 Å². The highest BCUT2D eigenvalue weighted by Gasteiger charge is 2.22. The summed E-state index contributed by atoms with van der Waals surface area (Å²) in [5.74, 6) is 0.566. The van der Waals surface area contributed by atoms with Gasteiger partial charge in [-0.05, 0) is 30.7 Å². The molecule has 0 aliphatic rings. The van der Waals surface area contributed by atoms with Crippen LogP contribution in [0.2, 0.25) is 0 Å². The molecule has 124 valence electrons. The van der Waals surface area contributed by atoms with Crippen molar-refractivity contribution in [1.82, 2.24) is 4.98 Å². The second kappa shape index (κ2) is 6.84. The molecule has 5 nitrogen and oxygen atoms in total. The topological polar surface area (TPSA) is 56.8 Å². The number of aryl methyl sites for hydroxylation is 1. The van der Waals surface area contributed by atoms with Gasteiger partial charge in [0.25, 0.3) is 0 Å². The molecule has 1 atom stereocenters. The average Bonchev–Trinajstić information content (AvgIpc) is 3.07. The molecule has 1 unspecified atom stereocenters. The van der Waals surface area contributed by atoms with E-state index in [0.29, 0.717) is 12.1 Å². The maximum atomic E-state index is 12.3. The number of hydrogen-bond donors (Lipinski definition) is 1. The number of ether oxygens (including phenoxy) is 1. The number of aromatic nitrogens is 1. The minimum Gasteiger partial charge on any atom is -0.465 e. The second-order valence-corrected chi connectivity index (χ2v) is 5.96. The SMILES string of the molecule is COC(=O)c1c(C[NH+](C)Cc2ccco2)nc2ccccc2c1C. The number of furan rings is 1. The molecule has 5 heteroatoms. The number of hydrogen-bond acceptors (Lipinski definition) is 4. The van der Waals surface area contributed by atoms with Gasteiger partial charge in [-0.1, -0.05) is 18.2 Å². The number of carbonyl (C=O) groups excluding carboxylic acids is 1. The number of quaternary nitrogens is 1. The largest absolute Gasteiger partial charge is 0.465 e. The zero-order chi connectivity index (χ0) is 17.1. The summed E-state index contributed by atoms with van der Waals surface area (Å²) < 4.78 is 10.4. The Balaban J connectivity index is 2.00. The molecule has 0 spiro atoms. The van der Waals surface area contributed by atoms with Crippen LogP contribution in [0.3, 0.4) is 0 Å². The number of pyridine rings is 1. The highest BCUT2D eigenvalue weighted by atomic mass is 16.5. The van der Waals surface area contributed by atoms with Crippen LogP contribution in [0, 0.1) is 6.92 Å². The fraction of sp³-hybridized carbons (Fsp3) is 0.263. The molecule has 1 aromatic carbocycles. The highest BCUT2D eigenvalue weighted by molar-refractivity contribution is 5.98. The van der Waals surface area contributed by atoms with E-state index in [4.69, 9.17) is 14.1 Å². The third kappa shape index (κ3) is 3.16. The number of nitrogens with one attached hydrogen (secondary N) is 1. The van der Waals surface area contributed by atoms with Gasteiger partial charge in [0.2, 0.25) is 0 Å². The van der Waals surface area contributed by atoms with Gasteiger partial charge in [0.05, 0.1) is 31.5 Å². The van der Waals surface area contributed by atoms with Crippen LogP contribution >= 0.6 is 0 Å². The van der Waals surface area contributed by atoms with Crippen LogP contribution in [0.15, 0.2) is 47.1 Å². The number of esters is 1. The van der Waals surface area contributed by atoms with Gasteiger partial charge < -0.3 is 14.1 Å². The third-order valence-electron chi connectivity index (χ3n) is 4.14. The minimum atomic E-state index is -0.341. The molecule has 0 saturated carbocycles. The predicted molar refractivity (Wildman–Crippen MR) is 90.8 cm³/mol. The van der Waals surface area contributed by atoms with Crippen molar-refractivity contribution in [1.29, 1.82) is 0 Å². The smallest absolute Gasteiger partial charge is 0.340 e. The van der Waals surface area contributed by atoms with Crippen molar-refractivity contribution in [3.8, 4) is 0 Å². The molecule has 2 aromatic heterocycles. The van der Waals surface area contributed by atoms with E-state index >= 15 is 0 Å². The maximum Gasteiger partial charge on any atom is 0.340 e. The number of fused-ring (bicyclic) bond motifs is 1. The fourth-order valence-corrected chi connectivity index (χ4v) is 3.00. The Bertz CT molecular complexity index is 856. The Morgan fingerprint density at radius 3 is 2.71 bits per heavy atom. The number of nitrogens with zero attached hydrogens (tertiary/aromatic N) is 1. The van der Waals surface area contributed by atoms with Crippen molar-refractivity contribution >= 4 is 16.9 Å². The Kier molecular flexibility index (Phi) is 4.62. The molecule has 0 bridgehead atoms. The summed E-state index contributed by atoms with van der Waals surface area (Å²) in [6, 6.07) is 11.7. The monoisotopic (exact) mass is 325 g/mol. The first-order valence-electron chi connectivity index (χ1n) is 7.90. The van der Waals surface area contributed by atoms with Crippen LogP contribution in [-0.4, -0.2) is 25.1 Å². The lowest BCUT2D eigenvalue weighted by Gasteiger charge is -2.16. The molecular weight excluding hydrogens is 304 g/mol. The van der Waals surface area contributed by atoms with Crippen LogP contribution in [0.5, 0.6) is 0 Å². The Morgan fingerprint density at radius 2 is 2.00 bits per heavy atom. The molecule has 0 amide bonds. The van der Waals surface area contributed by atoms with E-state index in [2.05, 4.69) is 7.05 Å². The molecule has 0 aliphatic heterocycles. The first-order chi connectivity index (χ1) is 11.6. The standard InChI is InChI=1S/C19H20N2O3/c1-13-15-8-4-5-9-16(15)20-17(18(13)19(22)23-3)12-21(2)11-14-7-6-10-24-14/h4-10H,11-12H2,1-3H3/p+1. The first-order valence-corrected chi connectivity index (χ1v) is 7.90.